The van der Waals surface area contributed by atoms with Gasteiger partial charge >= 0.3 is 5.82 Å². The number of rotatable bonds is 3. The van der Waals surface area contributed by atoms with Gasteiger partial charge in [-0.05, 0) is 11.0 Å². The third-order valence-electron chi connectivity index (χ3n) is 2.10. The van der Waals surface area contributed by atoms with Crippen LogP contribution in [0.25, 0.3) is 0 Å². The van der Waals surface area contributed by atoms with Crippen molar-refractivity contribution in [2.24, 2.45) is 0 Å². The SMILES string of the molecule is O=[N+]([O-])c1nn(Cc2ccc(Cl)nc2Cl)cc1Cl. The Morgan fingerprint density at radius 1 is 1.33 bits per heavy atom. The summed E-state index contributed by atoms with van der Waals surface area (Å²) in [4.78, 5) is 13.8. The Bertz CT molecular complexity index is 614. The van der Waals surface area contributed by atoms with E-state index in [1.807, 2.05) is 0 Å². The fourth-order valence-corrected chi connectivity index (χ4v) is 1.95. The molecule has 0 N–H and O–H groups in total. The molecule has 0 radical (unpaired) electrons. The van der Waals surface area contributed by atoms with Gasteiger partial charge in [-0.2, -0.15) is 4.68 Å². The summed E-state index contributed by atoms with van der Waals surface area (Å²) in [6.07, 6.45) is 1.35. The second kappa shape index (κ2) is 5.09. The van der Waals surface area contributed by atoms with Gasteiger partial charge in [-0.3, -0.25) is 0 Å². The zero-order valence-corrected chi connectivity index (χ0v) is 10.9. The lowest BCUT2D eigenvalue weighted by atomic mass is 10.3. The van der Waals surface area contributed by atoms with E-state index in [0.717, 1.165) is 0 Å². The van der Waals surface area contributed by atoms with Crippen molar-refractivity contribution in [1.82, 2.24) is 14.8 Å². The van der Waals surface area contributed by atoms with E-state index in [2.05, 4.69) is 10.1 Å². The summed E-state index contributed by atoms with van der Waals surface area (Å²) in [5.74, 6) is -0.394. The molecular formula is C9H5Cl3N4O2. The van der Waals surface area contributed by atoms with Gasteiger partial charge in [-0.25, -0.2) is 4.98 Å². The Balaban J connectivity index is 2.29. The molecule has 0 aliphatic heterocycles. The molecule has 0 saturated carbocycles. The quantitative estimate of drug-likeness (QED) is 0.496. The van der Waals surface area contributed by atoms with Crippen molar-refractivity contribution in [3.05, 3.63) is 49.3 Å². The Labute approximate surface area is 116 Å². The van der Waals surface area contributed by atoms with Crippen LogP contribution in [0.15, 0.2) is 18.3 Å². The highest BCUT2D eigenvalue weighted by molar-refractivity contribution is 6.33. The van der Waals surface area contributed by atoms with Crippen LogP contribution in [0.3, 0.4) is 0 Å². The first-order valence-corrected chi connectivity index (χ1v) is 5.79. The third kappa shape index (κ3) is 2.72. The second-order valence-electron chi connectivity index (χ2n) is 3.34. The Morgan fingerprint density at radius 2 is 2.06 bits per heavy atom. The molecule has 0 saturated heterocycles. The van der Waals surface area contributed by atoms with Crippen LogP contribution in [0, 0.1) is 10.1 Å². The van der Waals surface area contributed by atoms with E-state index in [1.165, 1.54) is 10.9 Å². The zero-order chi connectivity index (χ0) is 13.3. The molecule has 2 rings (SSSR count). The summed E-state index contributed by atoms with van der Waals surface area (Å²) in [5.41, 5.74) is 0.634. The molecule has 0 amide bonds. The Hall–Kier alpha value is -1.37. The fraction of sp³-hybridized carbons (Fsp3) is 0.111. The number of halogens is 3. The lowest BCUT2D eigenvalue weighted by molar-refractivity contribution is -0.389. The average Bonchev–Trinajstić information content (AvgIpc) is 2.64. The van der Waals surface area contributed by atoms with Crippen molar-refractivity contribution in [3.8, 4) is 0 Å². The van der Waals surface area contributed by atoms with Gasteiger partial charge in [0.1, 0.15) is 10.3 Å². The second-order valence-corrected chi connectivity index (χ2v) is 4.49. The van der Waals surface area contributed by atoms with Crippen molar-refractivity contribution < 1.29 is 4.92 Å². The summed E-state index contributed by atoms with van der Waals surface area (Å²) in [6.45, 7) is 0.219. The molecule has 9 heteroatoms. The normalized spacial score (nSPS) is 10.6. The van der Waals surface area contributed by atoms with Crippen LogP contribution >= 0.6 is 34.8 Å². The molecule has 0 spiro atoms. The van der Waals surface area contributed by atoms with E-state index in [-0.39, 0.29) is 21.9 Å². The third-order valence-corrected chi connectivity index (χ3v) is 2.90. The largest absolute Gasteiger partial charge is 0.408 e. The number of pyridine rings is 1. The standard InChI is InChI=1S/C9H5Cl3N4O2/c10-6-4-15(14-9(6)16(17)18)3-5-1-2-7(11)13-8(5)12/h1-2,4H,3H2. The predicted octanol–water partition coefficient (Wildman–Crippen LogP) is 3.19. The molecule has 2 heterocycles. The molecule has 0 fully saturated rings. The molecule has 18 heavy (non-hydrogen) atoms. The monoisotopic (exact) mass is 306 g/mol. The summed E-state index contributed by atoms with van der Waals surface area (Å²) < 4.78 is 1.32. The molecule has 0 aromatic carbocycles. The minimum absolute atomic E-state index is 0.0296. The van der Waals surface area contributed by atoms with Crippen LogP contribution in [0.2, 0.25) is 15.3 Å². The van der Waals surface area contributed by atoms with Gasteiger partial charge in [-0.15, -0.1) is 0 Å². The lowest BCUT2D eigenvalue weighted by Crippen LogP contribution is -2.02. The van der Waals surface area contributed by atoms with E-state index in [4.69, 9.17) is 34.8 Å². The summed E-state index contributed by atoms with van der Waals surface area (Å²) in [6, 6.07) is 3.24. The molecule has 2 aromatic rings. The number of hydrogen-bond donors (Lipinski definition) is 0. The summed E-state index contributed by atoms with van der Waals surface area (Å²) >= 11 is 17.2. The van der Waals surface area contributed by atoms with E-state index >= 15 is 0 Å². The molecule has 0 atom stereocenters. The molecular weight excluding hydrogens is 302 g/mol. The van der Waals surface area contributed by atoms with Crippen LogP contribution in [0.5, 0.6) is 0 Å². The number of nitrogens with zero attached hydrogens (tertiary/aromatic N) is 4. The van der Waals surface area contributed by atoms with Gasteiger partial charge in [-0.1, -0.05) is 40.9 Å². The van der Waals surface area contributed by atoms with E-state index < -0.39 is 10.7 Å². The maximum Gasteiger partial charge on any atom is 0.408 e. The maximum atomic E-state index is 10.6. The van der Waals surface area contributed by atoms with Crippen molar-refractivity contribution in [2.45, 2.75) is 6.54 Å². The molecule has 6 nitrogen and oxygen atoms in total. The molecule has 0 bridgehead atoms. The van der Waals surface area contributed by atoms with E-state index in [1.54, 1.807) is 12.1 Å². The first kappa shape index (κ1) is 13.1. The Kier molecular flexibility index (Phi) is 3.70. The van der Waals surface area contributed by atoms with Crippen LogP contribution in [-0.2, 0) is 6.54 Å². The molecule has 0 aliphatic rings. The van der Waals surface area contributed by atoms with Crippen molar-refractivity contribution >= 4 is 40.6 Å². The fourth-order valence-electron chi connectivity index (χ4n) is 1.33. The first-order chi connectivity index (χ1) is 8.47. The highest BCUT2D eigenvalue weighted by Crippen LogP contribution is 2.23. The highest BCUT2D eigenvalue weighted by Gasteiger charge is 2.19. The number of aromatic nitrogens is 3. The van der Waals surface area contributed by atoms with Gasteiger partial charge in [0.15, 0.2) is 5.02 Å². The molecule has 0 aliphatic carbocycles. The van der Waals surface area contributed by atoms with E-state index in [0.29, 0.717) is 5.56 Å². The van der Waals surface area contributed by atoms with Crippen molar-refractivity contribution in [2.75, 3.05) is 0 Å². The van der Waals surface area contributed by atoms with Gasteiger partial charge in [0.2, 0.25) is 0 Å². The van der Waals surface area contributed by atoms with E-state index in [9.17, 15) is 10.1 Å². The first-order valence-electron chi connectivity index (χ1n) is 4.65. The van der Waals surface area contributed by atoms with Gasteiger partial charge in [0.25, 0.3) is 0 Å². The van der Waals surface area contributed by atoms with Crippen LogP contribution < -0.4 is 0 Å². The zero-order valence-electron chi connectivity index (χ0n) is 8.68. The van der Waals surface area contributed by atoms with Gasteiger partial charge in [0.05, 0.1) is 17.8 Å². The van der Waals surface area contributed by atoms with Crippen molar-refractivity contribution in [1.29, 1.82) is 0 Å². The summed E-state index contributed by atoms with van der Waals surface area (Å²) in [7, 11) is 0. The minimum Gasteiger partial charge on any atom is -0.358 e. The van der Waals surface area contributed by atoms with Crippen LogP contribution in [0.4, 0.5) is 5.82 Å². The van der Waals surface area contributed by atoms with Crippen molar-refractivity contribution in [3.63, 3.8) is 0 Å². The topological polar surface area (TPSA) is 73.8 Å². The Morgan fingerprint density at radius 3 is 2.61 bits per heavy atom. The van der Waals surface area contributed by atoms with Crippen LogP contribution in [0.1, 0.15) is 5.56 Å². The molecule has 2 aromatic heterocycles. The minimum atomic E-state index is -0.652. The molecule has 0 unspecified atom stereocenters. The predicted molar refractivity (Wildman–Crippen MR) is 67.3 cm³/mol. The van der Waals surface area contributed by atoms with Crippen LogP contribution in [-0.4, -0.2) is 19.7 Å². The smallest absolute Gasteiger partial charge is 0.358 e. The number of hydrogen-bond acceptors (Lipinski definition) is 4. The average molecular weight is 308 g/mol. The highest BCUT2D eigenvalue weighted by atomic mass is 35.5. The van der Waals surface area contributed by atoms with Gasteiger partial charge in [0, 0.05) is 5.56 Å². The number of nitro groups is 1. The lowest BCUT2D eigenvalue weighted by Gasteiger charge is -2.01. The van der Waals surface area contributed by atoms with Gasteiger partial charge < -0.3 is 10.1 Å². The maximum absolute atomic E-state index is 10.6. The summed E-state index contributed by atoms with van der Waals surface area (Å²) in [5, 5.41) is 14.8. The molecule has 94 valence electrons.